The fraction of sp³-hybridized carbons (Fsp3) is 0.538. The SMILES string of the molecule is Cc1oc(C)c(C(=O)N2CCOCC2C(=O)O)c1C. The molecule has 1 aromatic heterocycles. The Balaban J connectivity index is 2.34. The molecule has 0 spiro atoms. The second-order valence-electron chi connectivity index (χ2n) is 4.64. The second-order valence-corrected chi connectivity index (χ2v) is 4.64. The van der Waals surface area contributed by atoms with Crippen LogP contribution in [0.15, 0.2) is 4.42 Å². The number of ether oxygens (including phenoxy) is 1. The van der Waals surface area contributed by atoms with Gasteiger partial charge in [0.2, 0.25) is 0 Å². The summed E-state index contributed by atoms with van der Waals surface area (Å²) in [6, 6.07) is -0.935. The summed E-state index contributed by atoms with van der Waals surface area (Å²) in [6.07, 6.45) is 0. The number of furan rings is 1. The van der Waals surface area contributed by atoms with Gasteiger partial charge in [-0.15, -0.1) is 0 Å². The molecule has 104 valence electrons. The van der Waals surface area contributed by atoms with Crippen LogP contribution in [-0.2, 0) is 9.53 Å². The van der Waals surface area contributed by atoms with Gasteiger partial charge in [0.05, 0.1) is 18.8 Å². The molecule has 1 fully saturated rings. The normalized spacial score (nSPS) is 19.5. The quantitative estimate of drug-likeness (QED) is 0.868. The Hall–Kier alpha value is -1.82. The topological polar surface area (TPSA) is 80.0 Å². The Labute approximate surface area is 110 Å². The largest absolute Gasteiger partial charge is 0.480 e. The average Bonchev–Trinajstić information content (AvgIpc) is 2.62. The maximum atomic E-state index is 12.5. The highest BCUT2D eigenvalue weighted by molar-refractivity contribution is 5.99. The van der Waals surface area contributed by atoms with Crippen molar-refractivity contribution in [2.75, 3.05) is 19.8 Å². The van der Waals surface area contributed by atoms with E-state index in [4.69, 9.17) is 14.3 Å². The predicted molar refractivity (Wildman–Crippen MR) is 66.2 cm³/mol. The molecule has 1 aromatic rings. The molecule has 19 heavy (non-hydrogen) atoms. The van der Waals surface area contributed by atoms with E-state index in [0.29, 0.717) is 23.7 Å². The number of hydrogen-bond acceptors (Lipinski definition) is 4. The second kappa shape index (κ2) is 5.05. The van der Waals surface area contributed by atoms with Crippen LogP contribution in [-0.4, -0.2) is 47.7 Å². The van der Waals surface area contributed by atoms with Crippen LogP contribution in [0.3, 0.4) is 0 Å². The van der Waals surface area contributed by atoms with Gasteiger partial charge in [-0.05, 0) is 20.8 Å². The van der Waals surface area contributed by atoms with Crippen molar-refractivity contribution in [1.29, 1.82) is 0 Å². The molecule has 1 aliphatic rings. The minimum atomic E-state index is -1.05. The summed E-state index contributed by atoms with van der Waals surface area (Å²) in [5.74, 6) is -0.150. The zero-order chi connectivity index (χ0) is 14.2. The van der Waals surface area contributed by atoms with Crippen LogP contribution in [0.1, 0.15) is 27.4 Å². The molecule has 0 aliphatic carbocycles. The number of aliphatic carboxylic acids is 1. The van der Waals surface area contributed by atoms with E-state index in [0.717, 1.165) is 5.56 Å². The van der Waals surface area contributed by atoms with E-state index >= 15 is 0 Å². The molecule has 1 aliphatic heterocycles. The van der Waals surface area contributed by atoms with Crippen molar-refractivity contribution in [2.45, 2.75) is 26.8 Å². The van der Waals surface area contributed by atoms with E-state index in [1.54, 1.807) is 20.8 Å². The maximum Gasteiger partial charge on any atom is 0.328 e. The molecule has 6 heteroatoms. The highest BCUT2D eigenvalue weighted by Gasteiger charge is 2.35. The Morgan fingerprint density at radius 1 is 1.26 bits per heavy atom. The first-order valence-corrected chi connectivity index (χ1v) is 6.11. The number of carboxylic acid groups (broad SMARTS) is 1. The monoisotopic (exact) mass is 267 g/mol. The van der Waals surface area contributed by atoms with Gasteiger partial charge in [-0.2, -0.15) is 0 Å². The minimum Gasteiger partial charge on any atom is -0.480 e. The molecule has 0 aromatic carbocycles. The van der Waals surface area contributed by atoms with Crippen molar-refractivity contribution in [1.82, 2.24) is 4.90 Å². The molecular weight excluding hydrogens is 250 g/mol. The Morgan fingerprint density at radius 3 is 2.47 bits per heavy atom. The van der Waals surface area contributed by atoms with Crippen molar-refractivity contribution >= 4 is 11.9 Å². The fourth-order valence-corrected chi connectivity index (χ4v) is 2.30. The third-order valence-electron chi connectivity index (χ3n) is 3.45. The molecule has 2 heterocycles. The third-order valence-corrected chi connectivity index (χ3v) is 3.45. The predicted octanol–water partition coefficient (Wildman–Crippen LogP) is 1.13. The van der Waals surface area contributed by atoms with Gasteiger partial charge in [0.25, 0.3) is 5.91 Å². The van der Waals surface area contributed by atoms with Crippen LogP contribution < -0.4 is 0 Å². The molecular formula is C13H17NO5. The lowest BCUT2D eigenvalue weighted by Gasteiger charge is -2.32. The van der Waals surface area contributed by atoms with Crippen LogP contribution in [0.5, 0.6) is 0 Å². The van der Waals surface area contributed by atoms with E-state index in [-0.39, 0.29) is 19.1 Å². The minimum absolute atomic E-state index is 0.0238. The smallest absolute Gasteiger partial charge is 0.328 e. The summed E-state index contributed by atoms with van der Waals surface area (Å²) >= 11 is 0. The molecule has 2 rings (SSSR count). The van der Waals surface area contributed by atoms with Gasteiger partial charge < -0.3 is 19.2 Å². The van der Waals surface area contributed by atoms with Crippen molar-refractivity contribution in [3.8, 4) is 0 Å². The van der Waals surface area contributed by atoms with Crippen molar-refractivity contribution in [3.63, 3.8) is 0 Å². The van der Waals surface area contributed by atoms with Crippen LogP contribution in [0.25, 0.3) is 0 Å². The van der Waals surface area contributed by atoms with Gasteiger partial charge in [-0.3, -0.25) is 4.79 Å². The van der Waals surface area contributed by atoms with Gasteiger partial charge in [0.15, 0.2) is 6.04 Å². The summed E-state index contributed by atoms with van der Waals surface area (Å²) < 4.78 is 10.6. The molecule has 6 nitrogen and oxygen atoms in total. The van der Waals surface area contributed by atoms with Crippen LogP contribution in [0.4, 0.5) is 0 Å². The van der Waals surface area contributed by atoms with Crippen molar-refractivity contribution in [3.05, 3.63) is 22.6 Å². The standard InChI is InChI=1S/C13H17NO5/c1-7-8(2)19-9(3)11(7)12(15)14-4-5-18-6-10(14)13(16)17/h10H,4-6H2,1-3H3,(H,16,17). The van der Waals surface area contributed by atoms with Gasteiger partial charge in [-0.25, -0.2) is 4.79 Å². The number of carbonyl (C=O) groups is 2. The first-order chi connectivity index (χ1) is 8.93. The average molecular weight is 267 g/mol. The Kier molecular flexibility index (Phi) is 3.61. The molecule has 1 unspecified atom stereocenters. The molecule has 0 radical (unpaired) electrons. The number of rotatable bonds is 2. The summed E-state index contributed by atoms with van der Waals surface area (Å²) in [6.45, 7) is 5.95. The first kappa shape index (κ1) is 13.6. The number of hydrogen-bond donors (Lipinski definition) is 1. The number of carbonyl (C=O) groups excluding carboxylic acids is 1. The van der Waals surface area contributed by atoms with Gasteiger partial charge >= 0.3 is 5.97 Å². The summed E-state index contributed by atoms with van der Waals surface area (Å²) in [5, 5.41) is 9.15. The number of nitrogens with zero attached hydrogens (tertiary/aromatic N) is 1. The number of aryl methyl sites for hydroxylation is 2. The molecule has 1 amide bonds. The lowest BCUT2D eigenvalue weighted by molar-refractivity contribution is -0.147. The Morgan fingerprint density at radius 2 is 1.95 bits per heavy atom. The van der Waals surface area contributed by atoms with Crippen LogP contribution in [0, 0.1) is 20.8 Å². The lowest BCUT2D eigenvalue weighted by Crippen LogP contribution is -2.52. The van der Waals surface area contributed by atoms with Crippen molar-refractivity contribution in [2.24, 2.45) is 0 Å². The van der Waals surface area contributed by atoms with E-state index in [1.807, 2.05) is 0 Å². The summed E-state index contributed by atoms with van der Waals surface area (Å²) in [5.41, 5.74) is 1.23. The van der Waals surface area contributed by atoms with Crippen LogP contribution in [0.2, 0.25) is 0 Å². The van der Waals surface area contributed by atoms with E-state index in [9.17, 15) is 9.59 Å². The number of morpholine rings is 1. The number of amides is 1. The molecule has 0 saturated carbocycles. The summed E-state index contributed by atoms with van der Waals surface area (Å²) in [7, 11) is 0. The highest BCUT2D eigenvalue weighted by Crippen LogP contribution is 2.24. The van der Waals surface area contributed by atoms with Crippen molar-refractivity contribution < 1.29 is 23.8 Å². The van der Waals surface area contributed by atoms with E-state index in [2.05, 4.69) is 0 Å². The Bertz CT molecular complexity index is 519. The van der Waals surface area contributed by atoms with Gasteiger partial charge in [-0.1, -0.05) is 0 Å². The number of carboxylic acids is 1. The van der Waals surface area contributed by atoms with Gasteiger partial charge in [0.1, 0.15) is 11.5 Å². The molecule has 0 bridgehead atoms. The fourth-order valence-electron chi connectivity index (χ4n) is 2.30. The molecule has 1 N–H and O–H groups in total. The molecule has 1 atom stereocenters. The lowest BCUT2D eigenvalue weighted by atomic mass is 10.1. The highest BCUT2D eigenvalue weighted by atomic mass is 16.5. The third kappa shape index (κ3) is 2.35. The maximum absolute atomic E-state index is 12.5. The van der Waals surface area contributed by atoms with Crippen LogP contribution >= 0.6 is 0 Å². The zero-order valence-electron chi connectivity index (χ0n) is 11.2. The summed E-state index contributed by atoms with van der Waals surface area (Å²) in [4.78, 5) is 25.0. The van der Waals surface area contributed by atoms with E-state index < -0.39 is 12.0 Å². The zero-order valence-corrected chi connectivity index (χ0v) is 11.2. The first-order valence-electron chi connectivity index (χ1n) is 6.11. The van der Waals surface area contributed by atoms with Gasteiger partial charge in [0, 0.05) is 12.1 Å². The van der Waals surface area contributed by atoms with E-state index in [1.165, 1.54) is 4.90 Å². The molecule has 1 saturated heterocycles.